The number of aryl methyl sites for hydroxylation is 1. The predicted molar refractivity (Wildman–Crippen MR) is 144 cm³/mol. The standard InChI is InChI=1S/C27H26Cl2N4O2S/c28-25-13-12-24(14-26(25)29)36(34,35)32-16-21-8-4-5-9-27(21)33(17-22-15-30-19-31-22)23(18-32)11-10-20-6-2-1-3-7-20/h1-9,12-15,19,23H,10-11,16-18H2,(H,30,31). The molecule has 1 aliphatic rings. The van der Waals surface area contributed by atoms with Crippen molar-refractivity contribution < 1.29 is 8.42 Å². The number of hydrogen-bond acceptors (Lipinski definition) is 4. The fourth-order valence-electron chi connectivity index (χ4n) is 4.67. The second-order valence-corrected chi connectivity index (χ2v) is 11.6. The van der Waals surface area contributed by atoms with E-state index >= 15 is 0 Å². The van der Waals surface area contributed by atoms with Crippen molar-refractivity contribution in [3.63, 3.8) is 0 Å². The molecule has 36 heavy (non-hydrogen) atoms. The summed E-state index contributed by atoms with van der Waals surface area (Å²) in [5.74, 6) is 0. The summed E-state index contributed by atoms with van der Waals surface area (Å²) < 4.78 is 29.3. The first-order valence-corrected chi connectivity index (χ1v) is 13.9. The highest BCUT2D eigenvalue weighted by atomic mass is 35.5. The van der Waals surface area contributed by atoms with Gasteiger partial charge >= 0.3 is 0 Å². The molecule has 1 N–H and O–H groups in total. The molecule has 0 saturated heterocycles. The SMILES string of the molecule is O=S(=O)(c1ccc(Cl)c(Cl)c1)N1Cc2ccccc2N(Cc2c[nH]cn2)C(CCc2ccccc2)C1. The van der Waals surface area contributed by atoms with E-state index in [2.05, 4.69) is 33.1 Å². The van der Waals surface area contributed by atoms with Crippen LogP contribution in [0.25, 0.3) is 0 Å². The predicted octanol–water partition coefficient (Wildman–Crippen LogP) is 5.93. The molecule has 5 rings (SSSR count). The van der Waals surface area contributed by atoms with Crippen LogP contribution in [-0.4, -0.2) is 35.3 Å². The summed E-state index contributed by atoms with van der Waals surface area (Å²) in [6.45, 7) is 1.16. The average molecular weight is 542 g/mol. The molecular weight excluding hydrogens is 515 g/mol. The van der Waals surface area contributed by atoms with Crippen molar-refractivity contribution in [2.45, 2.75) is 36.9 Å². The van der Waals surface area contributed by atoms with Crippen molar-refractivity contribution in [3.8, 4) is 0 Å². The van der Waals surface area contributed by atoms with E-state index in [0.717, 1.165) is 29.8 Å². The van der Waals surface area contributed by atoms with Crippen LogP contribution in [0.3, 0.4) is 0 Å². The number of aromatic amines is 1. The van der Waals surface area contributed by atoms with Crippen LogP contribution in [0.2, 0.25) is 10.0 Å². The Balaban J connectivity index is 1.54. The molecule has 0 bridgehead atoms. The number of anilines is 1. The molecule has 0 aliphatic carbocycles. The quantitative estimate of drug-likeness (QED) is 0.315. The number of nitrogens with one attached hydrogen (secondary N) is 1. The van der Waals surface area contributed by atoms with Gasteiger partial charge in [0.2, 0.25) is 10.0 Å². The van der Waals surface area contributed by atoms with E-state index in [1.807, 2.05) is 42.6 Å². The monoisotopic (exact) mass is 540 g/mol. The molecular formula is C27H26Cl2N4O2S. The van der Waals surface area contributed by atoms with Crippen LogP contribution in [0.15, 0.2) is 90.2 Å². The molecule has 0 spiro atoms. The van der Waals surface area contributed by atoms with E-state index in [0.29, 0.717) is 18.1 Å². The third kappa shape index (κ3) is 5.30. The maximum absolute atomic E-state index is 13.8. The van der Waals surface area contributed by atoms with Gasteiger partial charge in [0.15, 0.2) is 0 Å². The minimum atomic E-state index is -3.83. The first-order valence-electron chi connectivity index (χ1n) is 11.7. The minimum Gasteiger partial charge on any atom is -0.361 e. The molecule has 1 aromatic heterocycles. The number of nitrogens with zero attached hydrogens (tertiary/aromatic N) is 3. The summed E-state index contributed by atoms with van der Waals surface area (Å²) in [5.41, 5.74) is 4.08. The van der Waals surface area contributed by atoms with Crippen molar-refractivity contribution in [3.05, 3.63) is 112 Å². The van der Waals surface area contributed by atoms with Crippen molar-refractivity contribution in [1.82, 2.24) is 14.3 Å². The summed E-state index contributed by atoms with van der Waals surface area (Å²) >= 11 is 12.3. The van der Waals surface area contributed by atoms with Gasteiger partial charge in [0.25, 0.3) is 0 Å². The Morgan fingerprint density at radius 1 is 0.972 bits per heavy atom. The van der Waals surface area contributed by atoms with E-state index in [1.165, 1.54) is 23.8 Å². The van der Waals surface area contributed by atoms with E-state index in [9.17, 15) is 8.42 Å². The summed E-state index contributed by atoms with van der Waals surface area (Å²) in [6.07, 6.45) is 5.15. The lowest BCUT2D eigenvalue weighted by molar-refractivity contribution is 0.370. The summed E-state index contributed by atoms with van der Waals surface area (Å²) in [6, 6.07) is 22.6. The zero-order valence-electron chi connectivity index (χ0n) is 19.5. The highest BCUT2D eigenvalue weighted by Gasteiger charge is 2.34. The number of hydrogen-bond donors (Lipinski definition) is 1. The highest BCUT2D eigenvalue weighted by molar-refractivity contribution is 7.89. The van der Waals surface area contributed by atoms with Crippen LogP contribution >= 0.6 is 23.2 Å². The van der Waals surface area contributed by atoms with Crippen LogP contribution in [0, 0.1) is 0 Å². The number of para-hydroxylation sites is 1. The Hall–Kier alpha value is -2.84. The smallest absolute Gasteiger partial charge is 0.243 e. The normalized spacial score (nSPS) is 16.5. The molecule has 2 heterocycles. The van der Waals surface area contributed by atoms with Gasteiger partial charge in [0, 0.05) is 31.0 Å². The lowest BCUT2D eigenvalue weighted by Gasteiger charge is -2.34. The fraction of sp³-hybridized carbons (Fsp3) is 0.222. The van der Waals surface area contributed by atoms with Crippen LogP contribution < -0.4 is 4.90 Å². The molecule has 3 aromatic carbocycles. The Labute approximate surface area is 221 Å². The van der Waals surface area contributed by atoms with Crippen LogP contribution in [0.4, 0.5) is 5.69 Å². The number of aromatic nitrogens is 2. The third-order valence-corrected chi connectivity index (χ3v) is 9.07. The van der Waals surface area contributed by atoms with Crippen LogP contribution in [-0.2, 0) is 29.5 Å². The Bertz CT molecular complexity index is 1430. The molecule has 0 radical (unpaired) electrons. The Kier molecular flexibility index (Phi) is 7.34. The summed E-state index contributed by atoms with van der Waals surface area (Å²) in [7, 11) is -3.83. The minimum absolute atomic E-state index is 0.0805. The molecule has 1 atom stereocenters. The molecule has 9 heteroatoms. The maximum atomic E-state index is 13.8. The third-order valence-electron chi connectivity index (χ3n) is 6.53. The summed E-state index contributed by atoms with van der Waals surface area (Å²) in [5, 5.41) is 0.538. The second kappa shape index (κ2) is 10.6. The van der Waals surface area contributed by atoms with Crippen LogP contribution in [0.5, 0.6) is 0 Å². The van der Waals surface area contributed by atoms with Gasteiger partial charge in [-0.25, -0.2) is 13.4 Å². The van der Waals surface area contributed by atoms with Crippen molar-refractivity contribution in [2.24, 2.45) is 0 Å². The van der Waals surface area contributed by atoms with Gasteiger partial charge < -0.3 is 9.88 Å². The maximum Gasteiger partial charge on any atom is 0.243 e. The second-order valence-electron chi connectivity index (χ2n) is 8.87. The first kappa shape index (κ1) is 24.8. The lowest BCUT2D eigenvalue weighted by Crippen LogP contribution is -2.43. The van der Waals surface area contributed by atoms with Gasteiger partial charge in [0.05, 0.1) is 33.5 Å². The molecule has 1 aliphatic heterocycles. The fourth-order valence-corrected chi connectivity index (χ4v) is 6.52. The number of rotatable bonds is 7. The van der Waals surface area contributed by atoms with Crippen molar-refractivity contribution >= 4 is 38.9 Å². The highest BCUT2D eigenvalue weighted by Crippen LogP contribution is 2.34. The van der Waals surface area contributed by atoms with Crippen molar-refractivity contribution in [1.29, 1.82) is 0 Å². The summed E-state index contributed by atoms with van der Waals surface area (Å²) in [4.78, 5) is 9.90. The molecule has 0 saturated carbocycles. The van der Waals surface area contributed by atoms with E-state index in [1.54, 1.807) is 10.6 Å². The van der Waals surface area contributed by atoms with E-state index in [-0.39, 0.29) is 22.5 Å². The van der Waals surface area contributed by atoms with Gasteiger partial charge in [-0.1, -0.05) is 71.7 Å². The van der Waals surface area contributed by atoms with Gasteiger partial charge in [0.1, 0.15) is 0 Å². The Morgan fingerprint density at radius 2 is 1.75 bits per heavy atom. The molecule has 186 valence electrons. The molecule has 0 fully saturated rings. The average Bonchev–Trinajstić information content (AvgIpc) is 3.34. The van der Waals surface area contributed by atoms with Crippen molar-refractivity contribution in [2.75, 3.05) is 11.4 Å². The van der Waals surface area contributed by atoms with Gasteiger partial charge in [-0.15, -0.1) is 0 Å². The largest absolute Gasteiger partial charge is 0.361 e. The zero-order valence-corrected chi connectivity index (χ0v) is 21.8. The van der Waals surface area contributed by atoms with Gasteiger partial charge in [-0.05, 0) is 48.2 Å². The molecule has 4 aromatic rings. The number of sulfonamides is 1. The van der Waals surface area contributed by atoms with E-state index in [4.69, 9.17) is 23.2 Å². The number of H-pyrrole nitrogens is 1. The van der Waals surface area contributed by atoms with Gasteiger partial charge in [-0.2, -0.15) is 4.31 Å². The molecule has 0 amide bonds. The first-order chi connectivity index (χ1) is 17.4. The lowest BCUT2D eigenvalue weighted by atomic mass is 10.0. The Morgan fingerprint density at radius 3 is 2.50 bits per heavy atom. The van der Waals surface area contributed by atoms with Gasteiger partial charge in [-0.3, -0.25) is 0 Å². The number of fused-ring (bicyclic) bond motifs is 1. The molecule has 6 nitrogen and oxygen atoms in total. The zero-order chi connectivity index (χ0) is 25.1. The number of benzene rings is 3. The van der Waals surface area contributed by atoms with Crippen LogP contribution in [0.1, 0.15) is 23.2 Å². The number of imidazole rings is 1. The molecule has 1 unspecified atom stereocenters. The van der Waals surface area contributed by atoms with E-state index < -0.39 is 10.0 Å². The number of halogens is 2. The topological polar surface area (TPSA) is 69.3 Å².